The Hall–Kier alpha value is -0.130. The van der Waals surface area contributed by atoms with Gasteiger partial charge in [0.15, 0.2) is 5.13 Å². The van der Waals surface area contributed by atoms with Crippen LogP contribution in [-0.4, -0.2) is 24.2 Å². The van der Waals surface area contributed by atoms with Gasteiger partial charge in [-0.25, -0.2) is 4.98 Å². The number of hydrogen-bond donors (Lipinski definition) is 1. The summed E-state index contributed by atoms with van der Waals surface area (Å²) in [6.45, 7) is 1.62. The fourth-order valence-corrected chi connectivity index (χ4v) is 3.12. The normalized spacial score (nSPS) is 17.6. The molecule has 0 aliphatic heterocycles. The lowest BCUT2D eigenvalue weighted by Crippen LogP contribution is -2.20. The first-order valence-electron chi connectivity index (χ1n) is 5.81. The van der Waals surface area contributed by atoms with Crippen molar-refractivity contribution in [2.45, 2.75) is 38.2 Å². The number of thiazole rings is 1. The van der Waals surface area contributed by atoms with Crippen LogP contribution in [-0.2, 0) is 4.74 Å². The molecule has 1 saturated carbocycles. The Morgan fingerprint density at radius 2 is 2.25 bits per heavy atom. The fourth-order valence-electron chi connectivity index (χ4n) is 1.95. The summed E-state index contributed by atoms with van der Waals surface area (Å²) in [5.74, 6) is 0. The molecule has 0 unspecified atom stereocenters. The van der Waals surface area contributed by atoms with E-state index in [9.17, 15) is 0 Å². The van der Waals surface area contributed by atoms with E-state index in [2.05, 4.69) is 26.2 Å². The number of ether oxygens (including phenoxy) is 1. The Morgan fingerprint density at radius 3 is 2.94 bits per heavy atom. The molecular weight excluding hydrogens is 288 g/mol. The van der Waals surface area contributed by atoms with Gasteiger partial charge in [-0.3, -0.25) is 0 Å². The largest absolute Gasteiger partial charge is 0.376 e. The fraction of sp³-hybridized carbons (Fsp3) is 0.727. The lowest BCUT2D eigenvalue weighted by Gasteiger charge is -2.21. The van der Waals surface area contributed by atoms with E-state index in [0.29, 0.717) is 6.10 Å². The van der Waals surface area contributed by atoms with Crippen LogP contribution in [0, 0.1) is 0 Å². The van der Waals surface area contributed by atoms with Crippen molar-refractivity contribution in [2.75, 3.05) is 18.5 Å². The van der Waals surface area contributed by atoms with Gasteiger partial charge in [0.25, 0.3) is 0 Å². The first-order chi connectivity index (χ1) is 7.84. The maximum absolute atomic E-state index is 5.81. The third-order valence-corrected chi connectivity index (χ3v) is 4.27. The van der Waals surface area contributed by atoms with Crippen LogP contribution >= 0.6 is 27.3 Å². The van der Waals surface area contributed by atoms with Crippen LogP contribution in [0.1, 0.15) is 32.1 Å². The quantitative estimate of drug-likeness (QED) is 0.843. The standard InChI is InChI=1S/C11H17BrN2OS/c12-10-8-16-11(14-10)13-6-7-15-9-4-2-1-3-5-9/h8-9H,1-7H2,(H,13,14). The lowest BCUT2D eigenvalue weighted by molar-refractivity contribution is 0.0347. The molecule has 0 aromatic carbocycles. The number of rotatable bonds is 5. The van der Waals surface area contributed by atoms with Crippen molar-refractivity contribution in [3.8, 4) is 0 Å². The van der Waals surface area contributed by atoms with E-state index >= 15 is 0 Å². The van der Waals surface area contributed by atoms with Crippen LogP contribution in [0.5, 0.6) is 0 Å². The summed E-state index contributed by atoms with van der Waals surface area (Å²) in [4.78, 5) is 4.26. The van der Waals surface area contributed by atoms with Crippen molar-refractivity contribution in [3.05, 3.63) is 9.98 Å². The molecule has 1 heterocycles. The van der Waals surface area contributed by atoms with Gasteiger partial charge in [0, 0.05) is 11.9 Å². The number of halogens is 1. The zero-order valence-electron chi connectivity index (χ0n) is 9.25. The highest BCUT2D eigenvalue weighted by Crippen LogP contribution is 2.21. The van der Waals surface area contributed by atoms with Gasteiger partial charge in [0.05, 0.1) is 12.7 Å². The smallest absolute Gasteiger partial charge is 0.183 e. The van der Waals surface area contributed by atoms with Crippen molar-refractivity contribution in [1.82, 2.24) is 4.98 Å². The molecule has 0 amide bonds. The van der Waals surface area contributed by atoms with Crippen molar-refractivity contribution < 1.29 is 4.74 Å². The molecule has 1 aromatic heterocycles. The molecule has 1 aliphatic rings. The lowest BCUT2D eigenvalue weighted by atomic mass is 9.98. The Balaban J connectivity index is 1.57. The monoisotopic (exact) mass is 304 g/mol. The molecule has 2 rings (SSSR count). The highest BCUT2D eigenvalue weighted by molar-refractivity contribution is 9.10. The van der Waals surface area contributed by atoms with Crippen molar-refractivity contribution in [3.63, 3.8) is 0 Å². The molecule has 1 aromatic rings. The second-order valence-electron chi connectivity index (χ2n) is 4.03. The molecule has 1 aliphatic carbocycles. The molecule has 16 heavy (non-hydrogen) atoms. The Morgan fingerprint density at radius 1 is 1.44 bits per heavy atom. The Bertz CT molecular complexity index is 313. The second-order valence-corrected chi connectivity index (χ2v) is 5.70. The summed E-state index contributed by atoms with van der Waals surface area (Å²) in [6, 6.07) is 0. The van der Waals surface area contributed by atoms with E-state index in [4.69, 9.17) is 4.74 Å². The van der Waals surface area contributed by atoms with E-state index in [1.54, 1.807) is 11.3 Å². The van der Waals surface area contributed by atoms with Crippen LogP contribution in [0.25, 0.3) is 0 Å². The molecule has 1 fully saturated rings. The minimum absolute atomic E-state index is 0.499. The topological polar surface area (TPSA) is 34.1 Å². The number of anilines is 1. The molecule has 0 bridgehead atoms. The summed E-state index contributed by atoms with van der Waals surface area (Å²) >= 11 is 4.94. The highest BCUT2D eigenvalue weighted by Gasteiger charge is 2.12. The van der Waals surface area contributed by atoms with Gasteiger partial charge in [-0.1, -0.05) is 19.3 Å². The van der Waals surface area contributed by atoms with Gasteiger partial charge >= 0.3 is 0 Å². The zero-order valence-corrected chi connectivity index (χ0v) is 11.6. The minimum atomic E-state index is 0.499. The molecule has 3 nitrogen and oxygen atoms in total. The van der Waals surface area contributed by atoms with Crippen molar-refractivity contribution in [1.29, 1.82) is 0 Å². The maximum atomic E-state index is 5.81. The van der Waals surface area contributed by atoms with Crippen LogP contribution in [0.3, 0.4) is 0 Å². The third kappa shape index (κ3) is 4.03. The molecule has 0 saturated heterocycles. The number of aromatic nitrogens is 1. The summed E-state index contributed by atoms with van der Waals surface area (Å²) in [5, 5.41) is 6.19. The molecule has 0 spiro atoms. The summed E-state index contributed by atoms with van der Waals surface area (Å²) < 4.78 is 6.71. The van der Waals surface area contributed by atoms with Crippen LogP contribution in [0.15, 0.2) is 9.98 Å². The van der Waals surface area contributed by atoms with Gasteiger partial charge < -0.3 is 10.1 Å². The van der Waals surface area contributed by atoms with Gasteiger partial charge in [-0.05, 0) is 28.8 Å². The predicted octanol–water partition coefficient (Wildman–Crippen LogP) is 3.67. The molecule has 1 N–H and O–H groups in total. The van der Waals surface area contributed by atoms with Crippen molar-refractivity contribution in [2.24, 2.45) is 0 Å². The molecule has 0 atom stereocenters. The molecule has 90 valence electrons. The third-order valence-electron chi connectivity index (χ3n) is 2.76. The second kappa shape index (κ2) is 6.57. The Kier molecular flexibility index (Phi) is 5.06. The first-order valence-corrected chi connectivity index (χ1v) is 7.48. The number of hydrogen-bond acceptors (Lipinski definition) is 4. The SMILES string of the molecule is Brc1csc(NCCOC2CCCCC2)n1. The molecule has 5 heteroatoms. The highest BCUT2D eigenvalue weighted by atomic mass is 79.9. The van der Waals surface area contributed by atoms with E-state index in [0.717, 1.165) is 22.9 Å². The zero-order chi connectivity index (χ0) is 11.2. The summed E-state index contributed by atoms with van der Waals surface area (Å²) in [6.07, 6.45) is 7.02. The van der Waals surface area contributed by atoms with Crippen LogP contribution in [0.4, 0.5) is 5.13 Å². The van der Waals surface area contributed by atoms with Gasteiger partial charge in [-0.2, -0.15) is 0 Å². The van der Waals surface area contributed by atoms with E-state index in [-0.39, 0.29) is 0 Å². The summed E-state index contributed by atoms with van der Waals surface area (Å²) in [5.41, 5.74) is 0. The average Bonchev–Trinajstić information content (AvgIpc) is 2.72. The maximum Gasteiger partial charge on any atom is 0.183 e. The number of nitrogens with zero attached hydrogens (tertiary/aromatic N) is 1. The predicted molar refractivity (Wildman–Crippen MR) is 71.1 cm³/mol. The minimum Gasteiger partial charge on any atom is -0.376 e. The van der Waals surface area contributed by atoms with Gasteiger partial charge in [0.1, 0.15) is 4.60 Å². The average molecular weight is 305 g/mol. The van der Waals surface area contributed by atoms with E-state index in [1.807, 2.05) is 5.38 Å². The van der Waals surface area contributed by atoms with Gasteiger partial charge in [-0.15, -0.1) is 11.3 Å². The van der Waals surface area contributed by atoms with Gasteiger partial charge in [0.2, 0.25) is 0 Å². The Labute approximate surface area is 109 Å². The van der Waals surface area contributed by atoms with Crippen molar-refractivity contribution >= 4 is 32.4 Å². The van der Waals surface area contributed by atoms with Crippen LogP contribution in [0.2, 0.25) is 0 Å². The molecular formula is C11H17BrN2OS. The number of nitrogens with one attached hydrogen (secondary N) is 1. The van der Waals surface area contributed by atoms with E-state index < -0.39 is 0 Å². The summed E-state index contributed by atoms with van der Waals surface area (Å²) in [7, 11) is 0. The van der Waals surface area contributed by atoms with Crippen LogP contribution < -0.4 is 5.32 Å². The first kappa shape index (κ1) is 12.3. The molecule has 0 radical (unpaired) electrons. The van der Waals surface area contributed by atoms with E-state index in [1.165, 1.54) is 32.1 Å².